The first-order valence-corrected chi connectivity index (χ1v) is 7.87. The number of rotatable bonds is 2. The lowest BCUT2D eigenvalue weighted by atomic mass is 9.76. The van der Waals surface area contributed by atoms with E-state index in [2.05, 4.69) is 41.8 Å². The molecule has 0 saturated heterocycles. The highest BCUT2D eigenvalue weighted by Gasteiger charge is 2.30. The van der Waals surface area contributed by atoms with E-state index in [1.165, 1.54) is 5.56 Å². The van der Waals surface area contributed by atoms with Crippen molar-refractivity contribution in [2.75, 3.05) is 5.32 Å². The molecule has 0 spiro atoms. The fourth-order valence-corrected chi connectivity index (χ4v) is 2.89. The van der Waals surface area contributed by atoms with Crippen LogP contribution < -0.4 is 10.7 Å². The molecule has 22 heavy (non-hydrogen) atoms. The monoisotopic (exact) mass is 317 g/mol. The molecule has 1 fully saturated rings. The number of aryl methyl sites for hydroxylation is 2. The van der Waals surface area contributed by atoms with Crippen LogP contribution in [0.4, 0.5) is 5.69 Å². The number of carbonyl (C=O) groups excluding carboxylic acids is 1. The number of benzene rings is 1. The van der Waals surface area contributed by atoms with Gasteiger partial charge in [-0.15, -0.1) is 0 Å². The Kier molecular flexibility index (Phi) is 4.96. The van der Waals surface area contributed by atoms with Crippen molar-refractivity contribution in [3.8, 4) is 0 Å². The van der Waals surface area contributed by atoms with E-state index in [-0.39, 0.29) is 11.2 Å². The lowest BCUT2D eigenvalue weighted by Crippen LogP contribution is -2.32. The van der Waals surface area contributed by atoms with Gasteiger partial charge in [0.05, 0.1) is 0 Å². The standard InChI is InChI=1S/C17H23N3OS/c1-11-5-6-12(2)15(7-11)18-16(22)20-19-13-8-14(21)10-17(3,4)9-13/h5-7H,8-10H2,1-4H3,(H2,18,20,22)/b19-13+. The molecule has 1 saturated carbocycles. The van der Waals surface area contributed by atoms with Gasteiger partial charge in [0.1, 0.15) is 5.78 Å². The zero-order valence-electron chi connectivity index (χ0n) is 13.6. The molecule has 1 aromatic rings. The SMILES string of the molecule is Cc1ccc(C)c(NC(=S)N/N=C2\CC(=O)CC(C)(C)C2)c1. The second kappa shape index (κ2) is 6.57. The molecule has 0 amide bonds. The zero-order chi connectivity index (χ0) is 16.3. The van der Waals surface area contributed by atoms with Gasteiger partial charge in [-0.2, -0.15) is 5.10 Å². The Labute approximate surface area is 137 Å². The maximum Gasteiger partial charge on any atom is 0.191 e. The summed E-state index contributed by atoms with van der Waals surface area (Å²) in [7, 11) is 0. The van der Waals surface area contributed by atoms with Crippen molar-refractivity contribution in [3.05, 3.63) is 29.3 Å². The molecule has 1 aliphatic rings. The normalized spacial score (nSPS) is 19.1. The quantitative estimate of drug-likeness (QED) is 0.645. The van der Waals surface area contributed by atoms with Crippen LogP contribution in [-0.4, -0.2) is 16.6 Å². The molecule has 0 atom stereocenters. The van der Waals surface area contributed by atoms with Gasteiger partial charge in [-0.25, -0.2) is 0 Å². The smallest absolute Gasteiger partial charge is 0.191 e. The van der Waals surface area contributed by atoms with E-state index in [9.17, 15) is 4.79 Å². The highest BCUT2D eigenvalue weighted by atomic mass is 32.1. The molecule has 1 aliphatic carbocycles. The van der Waals surface area contributed by atoms with Gasteiger partial charge in [0.15, 0.2) is 5.11 Å². The molecule has 2 N–H and O–H groups in total. The second-order valence-electron chi connectivity index (χ2n) is 6.80. The molecule has 0 radical (unpaired) electrons. The first-order valence-electron chi connectivity index (χ1n) is 7.46. The Morgan fingerprint density at radius 3 is 2.68 bits per heavy atom. The number of hydrogen-bond acceptors (Lipinski definition) is 3. The predicted octanol–water partition coefficient (Wildman–Crippen LogP) is 3.73. The average molecular weight is 317 g/mol. The minimum atomic E-state index is -0.0158. The van der Waals surface area contributed by atoms with E-state index < -0.39 is 0 Å². The lowest BCUT2D eigenvalue weighted by molar-refractivity contribution is -0.120. The molecule has 0 bridgehead atoms. The molecule has 0 aliphatic heterocycles. The van der Waals surface area contributed by atoms with Crippen molar-refractivity contribution in [3.63, 3.8) is 0 Å². The Morgan fingerprint density at radius 1 is 1.27 bits per heavy atom. The number of Topliss-reactive ketones (excluding diaryl/α,β-unsaturated/α-hetero) is 1. The summed E-state index contributed by atoms with van der Waals surface area (Å²) in [6.07, 6.45) is 1.86. The van der Waals surface area contributed by atoms with Crippen LogP contribution in [0, 0.1) is 19.3 Å². The number of carbonyl (C=O) groups is 1. The van der Waals surface area contributed by atoms with Crippen molar-refractivity contribution < 1.29 is 4.79 Å². The summed E-state index contributed by atoms with van der Waals surface area (Å²) in [4.78, 5) is 11.7. The van der Waals surface area contributed by atoms with Crippen LogP contribution in [0.2, 0.25) is 0 Å². The number of ketones is 1. The highest BCUT2D eigenvalue weighted by molar-refractivity contribution is 7.80. The van der Waals surface area contributed by atoms with E-state index >= 15 is 0 Å². The zero-order valence-corrected chi connectivity index (χ0v) is 14.4. The molecule has 0 heterocycles. The molecule has 2 rings (SSSR count). The predicted molar refractivity (Wildman–Crippen MR) is 95.3 cm³/mol. The van der Waals surface area contributed by atoms with Gasteiger partial charge < -0.3 is 5.32 Å². The number of thiocarbonyl (C=S) groups is 1. The van der Waals surface area contributed by atoms with Crippen LogP contribution in [0.5, 0.6) is 0 Å². The van der Waals surface area contributed by atoms with Crippen LogP contribution in [0.15, 0.2) is 23.3 Å². The van der Waals surface area contributed by atoms with E-state index in [1.54, 1.807) is 0 Å². The first kappa shape index (κ1) is 16.6. The number of anilines is 1. The maximum absolute atomic E-state index is 11.7. The molecule has 118 valence electrons. The highest BCUT2D eigenvalue weighted by Crippen LogP contribution is 2.31. The maximum atomic E-state index is 11.7. The van der Waals surface area contributed by atoms with Crippen molar-refractivity contribution in [2.24, 2.45) is 10.5 Å². The Morgan fingerprint density at radius 2 is 2.00 bits per heavy atom. The summed E-state index contributed by atoms with van der Waals surface area (Å²) < 4.78 is 0. The van der Waals surface area contributed by atoms with Crippen molar-refractivity contribution in [1.29, 1.82) is 0 Å². The summed E-state index contributed by atoms with van der Waals surface area (Å²) in [6, 6.07) is 6.16. The molecule has 4 nitrogen and oxygen atoms in total. The molecular formula is C17H23N3OS. The minimum absolute atomic E-state index is 0.0158. The lowest BCUT2D eigenvalue weighted by Gasteiger charge is -2.29. The van der Waals surface area contributed by atoms with Gasteiger partial charge in [-0.3, -0.25) is 10.2 Å². The van der Waals surface area contributed by atoms with Crippen LogP contribution >= 0.6 is 12.2 Å². The topological polar surface area (TPSA) is 53.5 Å². The van der Waals surface area contributed by atoms with E-state index in [4.69, 9.17) is 12.2 Å². The van der Waals surface area contributed by atoms with Crippen LogP contribution in [0.3, 0.4) is 0 Å². The van der Waals surface area contributed by atoms with E-state index in [0.717, 1.165) is 23.4 Å². The summed E-state index contributed by atoms with van der Waals surface area (Å²) >= 11 is 5.28. The largest absolute Gasteiger partial charge is 0.331 e. The van der Waals surface area contributed by atoms with Gasteiger partial charge in [-0.05, 0) is 55.1 Å². The minimum Gasteiger partial charge on any atom is -0.331 e. The summed E-state index contributed by atoms with van der Waals surface area (Å²) in [5, 5.41) is 7.91. The van der Waals surface area contributed by atoms with Crippen molar-refractivity contribution in [1.82, 2.24) is 5.43 Å². The number of hydrogen-bond donors (Lipinski definition) is 2. The number of nitrogens with one attached hydrogen (secondary N) is 2. The molecule has 1 aromatic carbocycles. The van der Waals surface area contributed by atoms with Gasteiger partial charge in [0, 0.05) is 24.2 Å². The van der Waals surface area contributed by atoms with Gasteiger partial charge in [0.25, 0.3) is 0 Å². The van der Waals surface area contributed by atoms with E-state index in [1.807, 2.05) is 19.9 Å². The van der Waals surface area contributed by atoms with Gasteiger partial charge in [-0.1, -0.05) is 26.0 Å². The third-order valence-electron chi connectivity index (χ3n) is 3.72. The number of nitrogens with zero attached hydrogens (tertiary/aromatic N) is 1. The van der Waals surface area contributed by atoms with Gasteiger partial charge >= 0.3 is 0 Å². The Hall–Kier alpha value is -1.75. The molecular weight excluding hydrogens is 294 g/mol. The average Bonchev–Trinajstić information content (AvgIpc) is 2.38. The molecule has 0 aromatic heterocycles. The second-order valence-corrected chi connectivity index (χ2v) is 7.20. The van der Waals surface area contributed by atoms with Gasteiger partial charge in [0.2, 0.25) is 0 Å². The summed E-state index contributed by atoms with van der Waals surface area (Å²) in [5.74, 6) is 0.241. The van der Waals surface area contributed by atoms with Crippen molar-refractivity contribution in [2.45, 2.75) is 47.0 Å². The fourth-order valence-electron chi connectivity index (χ4n) is 2.73. The van der Waals surface area contributed by atoms with Crippen LogP contribution in [0.1, 0.15) is 44.2 Å². The third kappa shape index (κ3) is 4.63. The number of hydrazone groups is 1. The summed E-state index contributed by atoms with van der Waals surface area (Å²) in [5.41, 5.74) is 6.97. The van der Waals surface area contributed by atoms with E-state index in [0.29, 0.717) is 18.0 Å². The Bertz CT molecular complexity index is 635. The fraction of sp³-hybridized carbons (Fsp3) is 0.471. The van der Waals surface area contributed by atoms with Crippen molar-refractivity contribution >= 4 is 34.5 Å². The summed E-state index contributed by atoms with van der Waals surface area (Å²) in [6.45, 7) is 8.24. The molecule has 5 heteroatoms. The van der Waals surface area contributed by atoms with Crippen LogP contribution in [-0.2, 0) is 4.79 Å². The van der Waals surface area contributed by atoms with Crippen LogP contribution in [0.25, 0.3) is 0 Å². The first-order chi connectivity index (χ1) is 10.2. The molecule has 0 unspecified atom stereocenters. The Balaban J connectivity index is 1.99. The third-order valence-corrected chi connectivity index (χ3v) is 3.91.